The van der Waals surface area contributed by atoms with Crippen LogP contribution in [0.25, 0.3) is 0 Å². The van der Waals surface area contributed by atoms with Crippen LogP contribution in [0.15, 0.2) is 24.3 Å². The van der Waals surface area contributed by atoms with Gasteiger partial charge in [-0.25, -0.2) is 0 Å². The van der Waals surface area contributed by atoms with Crippen molar-refractivity contribution in [1.29, 1.82) is 0 Å². The number of nitrogens with one attached hydrogen (secondary N) is 2. The summed E-state index contributed by atoms with van der Waals surface area (Å²) in [7, 11) is 0. The minimum absolute atomic E-state index is 0.0674. The summed E-state index contributed by atoms with van der Waals surface area (Å²) < 4.78 is 0. The van der Waals surface area contributed by atoms with Crippen LogP contribution in [0, 0.1) is 5.92 Å². The Labute approximate surface area is 114 Å². The van der Waals surface area contributed by atoms with Crippen LogP contribution in [-0.4, -0.2) is 18.5 Å². The average molecular weight is 269 g/mol. The predicted molar refractivity (Wildman–Crippen MR) is 77.0 cm³/mol. The quantitative estimate of drug-likeness (QED) is 0.831. The fourth-order valence-corrected chi connectivity index (χ4v) is 2.02. The van der Waals surface area contributed by atoms with Crippen molar-refractivity contribution in [2.24, 2.45) is 5.92 Å². The Morgan fingerprint density at radius 3 is 2.56 bits per heavy atom. The highest BCUT2D eigenvalue weighted by Gasteiger charge is 2.12. The Morgan fingerprint density at radius 1 is 1.33 bits per heavy atom. The lowest BCUT2D eigenvalue weighted by atomic mass is 10.0. The Balaban J connectivity index is 2.45. The molecule has 0 saturated heterocycles. The molecule has 100 valence electrons. The van der Waals surface area contributed by atoms with Crippen LogP contribution in [0.4, 0.5) is 5.69 Å². The third-order valence-electron chi connectivity index (χ3n) is 2.92. The molecule has 0 aliphatic carbocycles. The number of anilines is 1. The first-order valence-electron chi connectivity index (χ1n) is 6.32. The normalized spacial score (nSPS) is 12.5. The first-order chi connectivity index (χ1) is 8.54. The maximum atomic E-state index is 11.8. The van der Waals surface area contributed by atoms with E-state index in [9.17, 15) is 4.79 Å². The van der Waals surface area contributed by atoms with Gasteiger partial charge in [0.25, 0.3) is 0 Å². The van der Waals surface area contributed by atoms with Crippen molar-refractivity contribution in [1.82, 2.24) is 5.32 Å². The molecule has 0 heterocycles. The van der Waals surface area contributed by atoms with Gasteiger partial charge < -0.3 is 10.6 Å². The zero-order valence-electron chi connectivity index (χ0n) is 11.2. The minimum atomic E-state index is -0.0674. The van der Waals surface area contributed by atoms with Crippen LogP contribution in [0.3, 0.4) is 0 Å². The number of para-hydroxylation sites is 1. The summed E-state index contributed by atoms with van der Waals surface area (Å²) in [6.45, 7) is 6.71. The van der Waals surface area contributed by atoms with E-state index in [1.54, 1.807) is 12.1 Å². The second kappa shape index (κ2) is 7.39. The maximum absolute atomic E-state index is 11.8. The highest BCUT2D eigenvalue weighted by molar-refractivity contribution is 6.33. The first kappa shape index (κ1) is 15.0. The van der Waals surface area contributed by atoms with E-state index in [0.717, 1.165) is 6.42 Å². The molecule has 1 rings (SSSR count). The van der Waals surface area contributed by atoms with E-state index in [-0.39, 0.29) is 5.91 Å². The molecule has 4 heteroatoms. The lowest BCUT2D eigenvalue weighted by molar-refractivity contribution is -0.115. The van der Waals surface area contributed by atoms with E-state index >= 15 is 0 Å². The molecular weight excluding hydrogens is 248 g/mol. The third-order valence-corrected chi connectivity index (χ3v) is 3.25. The number of amides is 1. The molecule has 0 spiro atoms. The second-order valence-electron chi connectivity index (χ2n) is 4.67. The molecule has 0 saturated carbocycles. The molecule has 2 N–H and O–H groups in total. The van der Waals surface area contributed by atoms with Crippen molar-refractivity contribution in [2.75, 3.05) is 11.9 Å². The van der Waals surface area contributed by atoms with Gasteiger partial charge in [0.2, 0.25) is 5.91 Å². The van der Waals surface area contributed by atoms with Gasteiger partial charge >= 0.3 is 0 Å². The van der Waals surface area contributed by atoms with Gasteiger partial charge in [-0.15, -0.1) is 0 Å². The van der Waals surface area contributed by atoms with E-state index in [1.807, 2.05) is 12.1 Å². The van der Waals surface area contributed by atoms with Gasteiger partial charge in [0.15, 0.2) is 0 Å². The predicted octanol–water partition coefficient (Wildman–Crippen LogP) is 3.30. The van der Waals surface area contributed by atoms with E-state index < -0.39 is 0 Å². The average Bonchev–Trinajstić information content (AvgIpc) is 2.32. The molecule has 0 bridgehead atoms. The summed E-state index contributed by atoms with van der Waals surface area (Å²) in [5.41, 5.74) is 0.656. The van der Waals surface area contributed by atoms with Crippen molar-refractivity contribution in [2.45, 2.75) is 33.2 Å². The van der Waals surface area contributed by atoms with E-state index in [1.165, 1.54) is 0 Å². The summed E-state index contributed by atoms with van der Waals surface area (Å²) in [6.07, 6.45) is 1.01. The van der Waals surface area contributed by atoms with Crippen molar-refractivity contribution >= 4 is 23.2 Å². The molecule has 0 aromatic heterocycles. The number of carbonyl (C=O) groups is 1. The van der Waals surface area contributed by atoms with Crippen LogP contribution < -0.4 is 10.6 Å². The topological polar surface area (TPSA) is 41.1 Å². The lowest BCUT2D eigenvalue weighted by Crippen LogP contribution is -2.38. The monoisotopic (exact) mass is 268 g/mol. The van der Waals surface area contributed by atoms with Crippen molar-refractivity contribution in [3.05, 3.63) is 29.3 Å². The van der Waals surface area contributed by atoms with Crippen LogP contribution in [-0.2, 0) is 4.79 Å². The van der Waals surface area contributed by atoms with Gasteiger partial charge in [-0.3, -0.25) is 4.79 Å². The van der Waals surface area contributed by atoms with E-state index in [2.05, 4.69) is 31.4 Å². The van der Waals surface area contributed by atoms with Gasteiger partial charge in [-0.2, -0.15) is 0 Å². The molecule has 1 amide bonds. The molecule has 0 aliphatic heterocycles. The lowest BCUT2D eigenvalue weighted by Gasteiger charge is -2.20. The van der Waals surface area contributed by atoms with Crippen molar-refractivity contribution < 1.29 is 4.79 Å². The molecule has 18 heavy (non-hydrogen) atoms. The highest BCUT2D eigenvalue weighted by Crippen LogP contribution is 2.20. The number of hydrogen-bond donors (Lipinski definition) is 2. The van der Waals surface area contributed by atoms with Gasteiger partial charge in [-0.05, 0) is 24.5 Å². The molecule has 1 atom stereocenters. The third kappa shape index (κ3) is 4.67. The second-order valence-corrected chi connectivity index (χ2v) is 5.07. The van der Waals surface area contributed by atoms with Gasteiger partial charge in [0, 0.05) is 6.04 Å². The Kier molecular flexibility index (Phi) is 6.16. The van der Waals surface area contributed by atoms with Gasteiger partial charge in [-0.1, -0.05) is 44.5 Å². The zero-order chi connectivity index (χ0) is 13.5. The SMILES string of the molecule is CCC(NCC(=O)Nc1ccccc1Cl)C(C)C. The van der Waals surface area contributed by atoms with Crippen LogP contribution in [0.1, 0.15) is 27.2 Å². The minimum Gasteiger partial charge on any atom is -0.324 e. The molecule has 3 nitrogen and oxygen atoms in total. The number of rotatable bonds is 6. The van der Waals surface area contributed by atoms with Gasteiger partial charge in [0.05, 0.1) is 17.3 Å². The van der Waals surface area contributed by atoms with Crippen molar-refractivity contribution in [3.63, 3.8) is 0 Å². The molecule has 1 unspecified atom stereocenters. The van der Waals surface area contributed by atoms with Gasteiger partial charge in [0.1, 0.15) is 0 Å². The van der Waals surface area contributed by atoms with Crippen LogP contribution in [0.2, 0.25) is 5.02 Å². The zero-order valence-corrected chi connectivity index (χ0v) is 11.9. The maximum Gasteiger partial charge on any atom is 0.238 e. The molecule has 0 fully saturated rings. The number of hydrogen-bond acceptors (Lipinski definition) is 2. The smallest absolute Gasteiger partial charge is 0.238 e. The summed E-state index contributed by atoms with van der Waals surface area (Å²) in [6, 6.07) is 7.59. The fourth-order valence-electron chi connectivity index (χ4n) is 1.83. The Morgan fingerprint density at radius 2 is 2.00 bits per heavy atom. The molecule has 1 aromatic carbocycles. The largest absolute Gasteiger partial charge is 0.324 e. The first-order valence-corrected chi connectivity index (χ1v) is 6.70. The van der Waals surface area contributed by atoms with E-state index in [0.29, 0.717) is 29.2 Å². The van der Waals surface area contributed by atoms with Crippen LogP contribution in [0.5, 0.6) is 0 Å². The van der Waals surface area contributed by atoms with E-state index in [4.69, 9.17) is 11.6 Å². The standard InChI is InChI=1S/C14H21ClN2O/c1-4-12(10(2)3)16-9-14(18)17-13-8-6-5-7-11(13)15/h5-8,10,12,16H,4,9H2,1-3H3,(H,17,18). The van der Waals surface area contributed by atoms with Crippen LogP contribution >= 0.6 is 11.6 Å². The summed E-state index contributed by atoms with van der Waals surface area (Å²) in [5.74, 6) is 0.449. The summed E-state index contributed by atoms with van der Waals surface area (Å²) in [5, 5.41) is 6.61. The number of carbonyl (C=O) groups excluding carboxylic acids is 1. The van der Waals surface area contributed by atoms with Crippen molar-refractivity contribution in [3.8, 4) is 0 Å². The number of halogens is 1. The summed E-state index contributed by atoms with van der Waals surface area (Å²) in [4.78, 5) is 11.8. The molecular formula is C14H21ClN2O. The highest BCUT2D eigenvalue weighted by atomic mass is 35.5. The Bertz CT molecular complexity index is 393. The number of benzene rings is 1. The molecule has 0 radical (unpaired) electrons. The fraction of sp³-hybridized carbons (Fsp3) is 0.500. The summed E-state index contributed by atoms with van der Waals surface area (Å²) >= 11 is 5.97. The molecule has 0 aliphatic rings. The molecule has 1 aromatic rings. The Hall–Kier alpha value is -1.06.